The van der Waals surface area contributed by atoms with Gasteiger partial charge in [-0.15, -0.1) is 0 Å². The van der Waals surface area contributed by atoms with Gasteiger partial charge in [0.1, 0.15) is 0 Å². The van der Waals surface area contributed by atoms with E-state index in [9.17, 15) is 14.7 Å². The first-order valence-electron chi connectivity index (χ1n) is 6.60. The van der Waals surface area contributed by atoms with Gasteiger partial charge in [-0.05, 0) is 29.8 Å². The fraction of sp³-hybridized carbons (Fsp3) is 0.0667. The molecule has 7 heteroatoms. The minimum absolute atomic E-state index is 0.0594. The Kier molecular flexibility index (Phi) is 3.40. The quantitative estimate of drug-likeness (QED) is 0.429. The molecule has 1 heterocycles. The minimum atomic E-state index is -1.08. The van der Waals surface area contributed by atoms with Crippen LogP contribution in [0.2, 0.25) is 0 Å². The number of aromatic amines is 1. The number of hydrazine groups is 1. The van der Waals surface area contributed by atoms with E-state index >= 15 is 0 Å². The Hall–Kier alpha value is -3.06. The molecule has 0 aliphatic carbocycles. The number of nitrogens with one attached hydrogen (secondary N) is 2. The number of H-pyrrole nitrogens is 1. The van der Waals surface area contributed by atoms with Crippen molar-refractivity contribution in [3.63, 3.8) is 0 Å². The molecular weight excluding hydrogens is 284 g/mol. The number of nitrogens with zero attached hydrogens (tertiary/aromatic N) is 1. The van der Waals surface area contributed by atoms with Crippen LogP contribution >= 0.6 is 0 Å². The van der Waals surface area contributed by atoms with E-state index in [2.05, 4.69) is 10.5 Å². The monoisotopic (exact) mass is 298 g/mol. The first kappa shape index (κ1) is 13.9. The van der Waals surface area contributed by atoms with Gasteiger partial charge < -0.3 is 10.5 Å². The van der Waals surface area contributed by atoms with Gasteiger partial charge in [-0.25, -0.2) is 9.48 Å². The lowest BCUT2D eigenvalue weighted by atomic mass is 10.1. The highest BCUT2D eigenvalue weighted by Gasteiger charge is 2.12. The van der Waals surface area contributed by atoms with Crippen molar-refractivity contribution >= 4 is 22.6 Å². The summed E-state index contributed by atoms with van der Waals surface area (Å²) >= 11 is 0. The molecule has 0 atom stereocenters. The SMILES string of the molecule is NNc1ccc(Cn2[nH]c3ccccc3c2=O)cc1C(=O)O. The second-order valence-corrected chi connectivity index (χ2v) is 4.88. The van der Waals surface area contributed by atoms with Gasteiger partial charge in [0.05, 0.1) is 28.7 Å². The van der Waals surface area contributed by atoms with Crippen LogP contribution < -0.4 is 16.8 Å². The van der Waals surface area contributed by atoms with Crippen molar-refractivity contribution in [1.29, 1.82) is 0 Å². The molecule has 0 unspecified atom stereocenters. The van der Waals surface area contributed by atoms with Crippen LogP contribution in [0.3, 0.4) is 0 Å². The van der Waals surface area contributed by atoms with Gasteiger partial charge in [-0.3, -0.25) is 15.7 Å². The zero-order valence-corrected chi connectivity index (χ0v) is 11.5. The van der Waals surface area contributed by atoms with Crippen molar-refractivity contribution in [2.45, 2.75) is 6.54 Å². The molecule has 0 aliphatic rings. The molecule has 7 nitrogen and oxygen atoms in total. The standard InChI is InChI=1S/C15H14N4O3/c16-17-12-6-5-9(7-11(12)15(21)22)8-19-14(20)10-3-1-2-4-13(10)18-19/h1-7,17-18H,8,16H2,(H,21,22). The third kappa shape index (κ3) is 2.33. The first-order chi connectivity index (χ1) is 10.6. The van der Waals surface area contributed by atoms with E-state index in [1.165, 1.54) is 10.7 Å². The number of fused-ring (bicyclic) bond motifs is 1. The summed E-state index contributed by atoms with van der Waals surface area (Å²) in [5.41, 5.74) is 4.00. The lowest BCUT2D eigenvalue weighted by Gasteiger charge is -2.08. The Balaban J connectivity index is 2.02. The van der Waals surface area contributed by atoms with Crippen LogP contribution in [0.1, 0.15) is 15.9 Å². The number of para-hydroxylation sites is 1. The van der Waals surface area contributed by atoms with Crippen LogP contribution in [0, 0.1) is 0 Å². The Labute approximate surface area is 124 Å². The Morgan fingerprint density at radius 3 is 2.73 bits per heavy atom. The van der Waals surface area contributed by atoms with E-state index in [1.54, 1.807) is 24.3 Å². The molecule has 0 spiro atoms. The summed E-state index contributed by atoms with van der Waals surface area (Å²) in [6, 6.07) is 12.0. The number of nitrogen functional groups attached to an aromatic ring is 1. The van der Waals surface area contributed by atoms with Crippen LogP contribution in [-0.4, -0.2) is 20.9 Å². The van der Waals surface area contributed by atoms with E-state index in [0.29, 0.717) is 16.6 Å². The number of hydrogen-bond donors (Lipinski definition) is 4. The normalized spacial score (nSPS) is 10.8. The summed E-state index contributed by atoms with van der Waals surface area (Å²) in [6.07, 6.45) is 0. The number of aromatic carboxylic acids is 1. The Morgan fingerprint density at radius 2 is 2.05 bits per heavy atom. The summed E-state index contributed by atoms with van der Waals surface area (Å²) in [5, 5.41) is 12.8. The van der Waals surface area contributed by atoms with E-state index in [-0.39, 0.29) is 17.7 Å². The summed E-state index contributed by atoms with van der Waals surface area (Å²) < 4.78 is 1.45. The van der Waals surface area contributed by atoms with Gasteiger partial charge in [-0.1, -0.05) is 18.2 Å². The van der Waals surface area contributed by atoms with E-state index in [0.717, 1.165) is 5.52 Å². The second-order valence-electron chi connectivity index (χ2n) is 4.88. The molecule has 0 amide bonds. The minimum Gasteiger partial charge on any atom is -0.478 e. The highest BCUT2D eigenvalue weighted by molar-refractivity contribution is 5.94. The van der Waals surface area contributed by atoms with Crippen molar-refractivity contribution in [1.82, 2.24) is 9.78 Å². The molecular formula is C15H14N4O3. The number of anilines is 1. The van der Waals surface area contributed by atoms with E-state index < -0.39 is 5.97 Å². The molecule has 0 saturated heterocycles. The number of aromatic nitrogens is 2. The molecule has 0 saturated carbocycles. The van der Waals surface area contributed by atoms with Gasteiger partial charge in [-0.2, -0.15) is 0 Å². The fourth-order valence-electron chi connectivity index (χ4n) is 2.40. The highest BCUT2D eigenvalue weighted by atomic mass is 16.4. The van der Waals surface area contributed by atoms with Crippen molar-refractivity contribution in [2.24, 2.45) is 5.84 Å². The van der Waals surface area contributed by atoms with E-state index in [4.69, 9.17) is 5.84 Å². The third-order valence-electron chi connectivity index (χ3n) is 3.47. The van der Waals surface area contributed by atoms with Crippen molar-refractivity contribution < 1.29 is 9.90 Å². The molecule has 3 rings (SSSR count). The molecule has 0 aliphatic heterocycles. The van der Waals surface area contributed by atoms with Gasteiger partial charge in [0.15, 0.2) is 0 Å². The molecule has 3 aromatic rings. The Morgan fingerprint density at radius 1 is 1.27 bits per heavy atom. The number of hydrogen-bond acceptors (Lipinski definition) is 4. The van der Waals surface area contributed by atoms with Crippen molar-refractivity contribution in [2.75, 3.05) is 5.43 Å². The average molecular weight is 298 g/mol. The molecule has 0 radical (unpaired) electrons. The summed E-state index contributed by atoms with van der Waals surface area (Å²) in [7, 11) is 0. The van der Waals surface area contributed by atoms with Crippen molar-refractivity contribution in [3.8, 4) is 0 Å². The predicted octanol–water partition coefficient (Wildman–Crippen LogP) is 1.36. The molecule has 2 aromatic carbocycles. The number of rotatable bonds is 4. The fourth-order valence-corrected chi connectivity index (χ4v) is 2.40. The van der Waals surface area contributed by atoms with Gasteiger partial charge >= 0.3 is 5.97 Å². The maximum Gasteiger partial charge on any atom is 0.337 e. The number of carboxylic acid groups (broad SMARTS) is 1. The van der Waals surface area contributed by atoms with Crippen LogP contribution in [0.4, 0.5) is 5.69 Å². The number of carboxylic acids is 1. The molecule has 112 valence electrons. The summed E-state index contributed by atoms with van der Waals surface area (Å²) in [5.74, 6) is 4.21. The smallest absolute Gasteiger partial charge is 0.337 e. The van der Waals surface area contributed by atoms with E-state index in [1.807, 2.05) is 12.1 Å². The lowest BCUT2D eigenvalue weighted by Crippen LogP contribution is -2.18. The number of nitrogens with two attached hydrogens (primary N) is 1. The predicted molar refractivity (Wildman–Crippen MR) is 82.9 cm³/mol. The molecule has 0 bridgehead atoms. The molecule has 0 fully saturated rings. The van der Waals surface area contributed by atoms with Crippen LogP contribution in [0.15, 0.2) is 47.3 Å². The van der Waals surface area contributed by atoms with Gasteiger partial charge in [0.2, 0.25) is 0 Å². The molecule has 5 N–H and O–H groups in total. The van der Waals surface area contributed by atoms with Crippen LogP contribution in [0.25, 0.3) is 10.9 Å². The third-order valence-corrected chi connectivity index (χ3v) is 3.47. The second kappa shape index (κ2) is 5.38. The van der Waals surface area contributed by atoms with Crippen molar-refractivity contribution in [3.05, 3.63) is 63.9 Å². The summed E-state index contributed by atoms with van der Waals surface area (Å²) in [6.45, 7) is 0.249. The number of carbonyl (C=O) groups is 1. The number of benzene rings is 2. The van der Waals surface area contributed by atoms with Crippen LogP contribution in [0.5, 0.6) is 0 Å². The summed E-state index contributed by atoms with van der Waals surface area (Å²) in [4.78, 5) is 23.5. The van der Waals surface area contributed by atoms with Gasteiger partial charge in [0.25, 0.3) is 5.56 Å². The topological polar surface area (TPSA) is 113 Å². The average Bonchev–Trinajstić information content (AvgIpc) is 2.84. The molecule has 1 aromatic heterocycles. The maximum atomic E-state index is 12.3. The zero-order chi connectivity index (χ0) is 15.7. The maximum absolute atomic E-state index is 12.3. The Bertz CT molecular complexity index is 911. The zero-order valence-electron chi connectivity index (χ0n) is 11.5. The first-order valence-corrected chi connectivity index (χ1v) is 6.60. The molecule has 22 heavy (non-hydrogen) atoms. The largest absolute Gasteiger partial charge is 0.478 e. The highest BCUT2D eigenvalue weighted by Crippen LogP contribution is 2.17. The van der Waals surface area contributed by atoms with Crippen LogP contribution in [-0.2, 0) is 6.54 Å². The lowest BCUT2D eigenvalue weighted by molar-refractivity contribution is 0.0697. The van der Waals surface area contributed by atoms with Gasteiger partial charge in [0, 0.05) is 0 Å².